The van der Waals surface area contributed by atoms with Crippen molar-refractivity contribution in [2.45, 2.75) is 13.2 Å². The highest BCUT2D eigenvalue weighted by molar-refractivity contribution is 6.35. The van der Waals surface area contributed by atoms with Gasteiger partial charge in [-0.1, -0.05) is 59.6 Å². The maximum Gasteiger partial charge on any atom is 0.163 e. The summed E-state index contributed by atoms with van der Waals surface area (Å²) in [6, 6.07) is 23.7. The summed E-state index contributed by atoms with van der Waals surface area (Å²) in [6.07, 6.45) is 0. The summed E-state index contributed by atoms with van der Waals surface area (Å²) in [5, 5.41) is 6.99. The second kappa shape index (κ2) is 9.19. The van der Waals surface area contributed by atoms with Gasteiger partial charge in [0.2, 0.25) is 0 Å². The average molecular weight is 466 g/mol. The maximum atomic E-state index is 6.33. The molecule has 1 aliphatic heterocycles. The van der Waals surface area contributed by atoms with E-state index in [1.165, 1.54) is 0 Å². The molecule has 0 aromatic heterocycles. The molecule has 0 spiro atoms. The number of hydrogen-bond acceptors (Lipinski definition) is 4. The number of rotatable bonds is 6. The van der Waals surface area contributed by atoms with E-state index in [4.69, 9.17) is 37.4 Å². The highest BCUT2D eigenvalue weighted by atomic mass is 35.5. The van der Waals surface area contributed by atoms with Crippen LogP contribution in [0.4, 0.5) is 5.69 Å². The molecule has 6 heteroatoms. The standard InChI is InChI=1S/C26H21Cl2NO3/c27-19-7-5-18(23(28)13-19)16-32-24-9-6-17-3-1-2-4-21(17)22(24)15-29-20-8-10-25-26(14-20)31-12-11-30-25/h1-10,13-14,29H,11-12,15-16H2. The van der Waals surface area contributed by atoms with Crippen molar-refractivity contribution < 1.29 is 14.2 Å². The van der Waals surface area contributed by atoms with Crippen molar-refractivity contribution in [2.24, 2.45) is 0 Å². The second-order valence-corrected chi connectivity index (χ2v) is 8.34. The zero-order valence-corrected chi connectivity index (χ0v) is 18.7. The van der Waals surface area contributed by atoms with Gasteiger partial charge >= 0.3 is 0 Å². The first-order valence-electron chi connectivity index (χ1n) is 10.4. The number of benzene rings is 4. The Balaban J connectivity index is 1.41. The molecular formula is C26H21Cl2NO3. The SMILES string of the molecule is Clc1ccc(COc2ccc3ccccc3c2CNc2ccc3c(c2)OCCO3)c(Cl)c1. The van der Waals surface area contributed by atoms with Crippen molar-refractivity contribution in [3.8, 4) is 17.2 Å². The quantitative estimate of drug-likeness (QED) is 0.329. The predicted octanol–water partition coefficient (Wildman–Crippen LogP) is 7.11. The molecule has 1 aliphatic rings. The maximum absolute atomic E-state index is 6.33. The molecule has 32 heavy (non-hydrogen) atoms. The van der Waals surface area contributed by atoms with E-state index in [2.05, 4.69) is 23.5 Å². The fourth-order valence-electron chi connectivity index (χ4n) is 3.77. The van der Waals surface area contributed by atoms with Gasteiger partial charge in [0.05, 0.1) is 0 Å². The van der Waals surface area contributed by atoms with Gasteiger partial charge in [0.1, 0.15) is 25.6 Å². The van der Waals surface area contributed by atoms with Crippen molar-refractivity contribution in [3.05, 3.63) is 94.0 Å². The molecule has 0 fully saturated rings. The lowest BCUT2D eigenvalue weighted by atomic mass is 10.0. The van der Waals surface area contributed by atoms with Crippen molar-refractivity contribution in [1.29, 1.82) is 0 Å². The second-order valence-electron chi connectivity index (χ2n) is 7.50. The summed E-state index contributed by atoms with van der Waals surface area (Å²) in [5.74, 6) is 2.34. The Kier molecular flexibility index (Phi) is 5.97. The lowest BCUT2D eigenvalue weighted by molar-refractivity contribution is 0.171. The number of ether oxygens (including phenoxy) is 3. The fraction of sp³-hybridized carbons (Fsp3) is 0.154. The molecule has 0 radical (unpaired) electrons. The zero-order chi connectivity index (χ0) is 21.9. The van der Waals surface area contributed by atoms with E-state index in [1.807, 2.05) is 48.5 Å². The van der Waals surface area contributed by atoms with Crippen molar-refractivity contribution >= 4 is 39.7 Å². The van der Waals surface area contributed by atoms with Crippen LogP contribution in [-0.2, 0) is 13.2 Å². The van der Waals surface area contributed by atoms with Gasteiger partial charge in [-0.2, -0.15) is 0 Å². The molecule has 1 N–H and O–H groups in total. The fourth-order valence-corrected chi connectivity index (χ4v) is 4.23. The summed E-state index contributed by atoms with van der Waals surface area (Å²) in [7, 11) is 0. The summed E-state index contributed by atoms with van der Waals surface area (Å²) in [5.41, 5.74) is 2.91. The minimum Gasteiger partial charge on any atom is -0.488 e. The van der Waals surface area contributed by atoms with Crippen LogP contribution in [0.25, 0.3) is 10.8 Å². The van der Waals surface area contributed by atoms with E-state index < -0.39 is 0 Å². The van der Waals surface area contributed by atoms with E-state index in [0.29, 0.717) is 36.4 Å². The van der Waals surface area contributed by atoms with Crippen LogP contribution in [0.2, 0.25) is 10.0 Å². The van der Waals surface area contributed by atoms with E-state index in [1.54, 1.807) is 6.07 Å². The Morgan fingerprint density at radius 1 is 0.844 bits per heavy atom. The predicted molar refractivity (Wildman–Crippen MR) is 130 cm³/mol. The van der Waals surface area contributed by atoms with Gasteiger partial charge in [-0.15, -0.1) is 0 Å². The van der Waals surface area contributed by atoms with Gasteiger partial charge in [0.25, 0.3) is 0 Å². The third-order valence-corrected chi connectivity index (χ3v) is 5.99. The molecule has 1 heterocycles. The molecule has 162 valence electrons. The highest BCUT2D eigenvalue weighted by Crippen LogP contribution is 2.34. The Bertz CT molecular complexity index is 1280. The van der Waals surface area contributed by atoms with E-state index >= 15 is 0 Å². The molecule has 0 saturated heterocycles. The van der Waals surface area contributed by atoms with Crippen LogP contribution in [0.1, 0.15) is 11.1 Å². The largest absolute Gasteiger partial charge is 0.488 e. The smallest absolute Gasteiger partial charge is 0.163 e. The molecule has 4 nitrogen and oxygen atoms in total. The van der Waals surface area contributed by atoms with Crippen molar-refractivity contribution in [3.63, 3.8) is 0 Å². The van der Waals surface area contributed by atoms with Gasteiger partial charge in [-0.05, 0) is 41.1 Å². The van der Waals surface area contributed by atoms with Crippen LogP contribution in [0.3, 0.4) is 0 Å². The zero-order valence-electron chi connectivity index (χ0n) is 17.2. The Morgan fingerprint density at radius 3 is 2.56 bits per heavy atom. The number of halogens is 2. The van der Waals surface area contributed by atoms with E-state index in [9.17, 15) is 0 Å². The topological polar surface area (TPSA) is 39.7 Å². The summed E-state index contributed by atoms with van der Waals surface area (Å²) >= 11 is 12.3. The third-order valence-electron chi connectivity index (χ3n) is 5.41. The Hall–Kier alpha value is -3.08. The van der Waals surface area contributed by atoms with E-state index in [-0.39, 0.29) is 0 Å². The number of nitrogens with one attached hydrogen (secondary N) is 1. The van der Waals surface area contributed by atoms with Crippen LogP contribution in [0, 0.1) is 0 Å². The van der Waals surface area contributed by atoms with Gasteiger partial charge in [-0.25, -0.2) is 0 Å². The molecule has 5 rings (SSSR count). The summed E-state index contributed by atoms with van der Waals surface area (Å²) < 4.78 is 17.5. The third kappa shape index (κ3) is 4.43. The lowest BCUT2D eigenvalue weighted by Crippen LogP contribution is -2.15. The van der Waals surface area contributed by atoms with Gasteiger partial charge in [0, 0.05) is 39.5 Å². The molecule has 0 unspecified atom stereocenters. The monoisotopic (exact) mass is 465 g/mol. The minimum absolute atomic E-state index is 0.353. The van der Waals surface area contributed by atoms with Gasteiger partial charge in [-0.3, -0.25) is 0 Å². The Morgan fingerprint density at radius 2 is 1.69 bits per heavy atom. The van der Waals surface area contributed by atoms with Crippen molar-refractivity contribution in [2.75, 3.05) is 18.5 Å². The van der Waals surface area contributed by atoms with Crippen LogP contribution in [0.5, 0.6) is 17.2 Å². The summed E-state index contributed by atoms with van der Waals surface area (Å²) in [6.45, 7) is 2.08. The van der Waals surface area contributed by atoms with Gasteiger partial charge < -0.3 is 19.5 Å². The first-order chi connectivity index (χ1) is 15.7. The first-order valence-corrected chi connectivity index (χ1v) is 11.1. The Labute approximate surface area is 196 Å². The molecule has 4 aromatic carbocycles. The normalized spacial score (nSPS) is 12.6. The number of hydrogen-bond donors (Lipinski definition) is 1. The number of anilines is 1. The molecule has 0 saturated carbocycles. The van der Waals surface area contributed by atoms with Crippen LogP contribution >= 0.6 is 23.2 Å². The minimum atomic E-state index is 0.353. The highest BCUT2D eigenvalue weighted by Gasteiger charge is 2.14. The van der Waals surface area contributed by atoms with Gasteiger partial charge in [0.15, 0.2) is 11.5 Å². The molecule has 4 aromatic rings. The lowest BCUT2D eigenvalue weighted by Gasteiger charge is -2.20. The van der Waals surface area contributed by atoms with Crippen molar-refractivity contribution in [1.82, 2.24) is 0 Å². The average Bonchev–Trinajstić information content (AvgIpc) is 2.82. The summed E-state index contributed by atoms with van der Waals surface area (Å²) in [4.78, 5) is 0. The van der Waals surface area contributed by atoms with Crippen LogP contribution in [0.15, 0.2) is 72.8 Å². The molecular weight excluding hydrogens is 445 g/mol. The first kappa shape index (κ1) is 20.8. The number of fused-ring (bicyclic) bond motifs is 2. The van der Waals surface area contributed by atoms with E-state index in [0.717, 1.165) is 44.8 Å². The molecule has 0 atom stereocenters. The molecule has 0 amide bonds. The van der Waals surface area contributed by atoms with Crippen LogP contribution in [-0.4, -0.2) is 13.2 Å². The molecule has 0 bridgehead atoms. The molecule has 0 aliphatic carbocycles. The van der Waals surface area contributed by atoms with Crippen LogP contribution < -0.4 is 19.5 Å².